The lowest BCUT2D eigenvalue weighted by Crippen LogP contribution is -2.16. The molecule has 0 radical (unpaired) electrons. The molecule has 0 aliphatic rings. The first-order valence-electron chi connectivity index (χ1n) is 11.4. The van der Waals surface area contributed by atoms with E-state index in [1.54, 1.807) is 12.1 Å². The molecule has 0 saturated carbocycles. The van der Waals surface area contributed by atoms with E-state index in [4.69, 9.17) is 18.9 Å². The number of nitrogens with one attached hydrogen (secondary N) is 2. The van der Waals surface area contributed by atoms with Gasteiger partial charge in [-0.1, -0.05) is 0 Å². The molecular weight excluding hydrogens is 564 g/mol. The van der Waals surface area contributed by atoms with Crippen LogP contribution in [0.5, 0.6) is 23.0 Å². The van der Waals surface area contributed by atoms with E-state index in [2.05, 4.69) is 10.0 Å². The molecule has 0 aliphatic carbocycles. The number of non-ortho nitro benzene ring substituents is 1. The van der Waals surface area contributed by atoms with E-state index in [-0.39, 0.29) is 17.1 Å². The molecule has 3 rings (SSSR count). The highest BCUT2D eigenvalue weighted by Gasteiger charge is 2.29. The second-order valence-electron chi connectivity index (χ2n) is 7.95. The average Bonchev–Trinajstić information content (AvgIpc) is 2.95. The Kier molecular flexibility index (Phi) is 9.31. The Labute approximate surface area is 233 Å². The van der Waals surface area contributed by atoms with Crippen molar-refractivity contribution >= 4 is 44.8 Å². The van der Waals surface area contributed by atoms with E-state index in [1.807, 2.05) is 0 Å². The Morgan fingerprint density at radius 1 is 0.829 bits per heavy atom. The maximum absolute atomic E-state index is 13.1. The number of nitrogens with zero attached hydrogens (tertiary/aromatic N) is 2. The number of rotatable bonds is 12. The Bertz CT molecular complexity index is 1610. The van der Waals surface area contributed by atoms with Crippen molar-refractivity contribution in [2.75, 3.05) is 38.5 Å². The van der Waals surface area contributed by atoms with E-state index in [0.717, 1.165) is 12.1 Å². The Balaban J connectivity index is 1.90. The number of ether oxygens (including phenoxy) is 4. The summed E-state index contributed by atoms with van der Waals surface area (Å²) in [6, 6.07) is 9.37. The third-order valence-electron chi connectivity index (χ3n) is 5.51. The number of hydrogen-bond donors (Lipinski definition) is 2. The van der Waals surface area contributed by atoms with Crippen LogP contribution in [-0.2, 0) is 14.8 Å². The normalized spacial score (nSPS) is 11.0. The van der Waals surface area contributed by atoms with Gasteiger partial charge in [0.1, 0.15) is 23.0 Å². The number of benzene rings is 3. The minimum Gasteiger partial charge on any atom is -0.496 e. The number of amides is 1. The van der Waals surface area contributed by atoms with Crippen LogP contribution in [0.25, 0.3) is 6.08 Å². The van der Waals surface area contributed by atoms with Crippen LogP contribution in [0.15, 0.2) is 59.5 Å². The highest BCUT2D eigenvalue weighted by molar-refractivity contribution is 7.92. The van der Waals surface area contributed by atoms with Crippen molar-refractivity contribution in [3.63, 3.8) is 0 Å². The first-order chi connectivity index (χ1) is 19.4. The van der Waals surface area contributed by atoms with E-state index in [1.165, 1.54) is 58.8 Å². The highest BCUT2D eigenvalue weighted by atomic mass is 32.2. The van der Waals surface area contributed by atoms with Crippen molar-refractivity contribution < 1.29 is 42.0 Å². The van der Waals surface area contributed by atoms with E-state index >= 15 is 0 Å². The van der Waals surface area contributed by atoms with Gasteiger partial charge in [-0.15, -0.1) is 0 Å². The molecule has 0 fully saturated rings. The Morgan fingerprint density at radius 3 is 2.00 bits per heavy atom. The lowest BCUT2D eigenvalue weighted by molar-refractivity contribution is -0.396. The van der Waals surface area contributed by atoms with Gasteiger partial charge in [-0.25, -0.2) is 8.42 Å². The number of hydrogen-bond acceptors (Lipinski definition) is 11. The third kappa shape index (κ3) is 6.99. The van der Waals surface area contributed by atoms with Crippen LogP contribution < -0.4 is 29.0 Å². The maximum Gasteiger partial charge on any atom is 0.296 e. The highest BCUT2D eigenvalue weighted by Crippen LogP contribution is 2.36. The lowest BCUT2D eigenvalue weighted by atomic mass is 10.1. The summed E-state index contributed by atoms with van der Waals surface area (Å²) in [6.07, 6.45) is 2.65. The predicted octanol–water partition coefficient (Wildman–Crippen LogP) is 3.99. The number of nitro benzene ring substituents is 2. The van der Waals surface area contributed by atoms with E-state index in [9.17, 15) is 33.4 Å². The predicted molar refractivity (Wildman–Crippen MR) is 147 cm³/mol. The van der Waals surface area contributed by atoms with Crippen LogP contribution >= 0.6 is 0 Å². The number of nitro groups is 2. The monoisotopic (exact) mass is 588 g/mol. The summed E-state index contributed by atoms with van der Waals surface area (Å²) < 4.78 is 49.4. The summed E-state index contributed by atoms with van der Waals surface area (Å²) in [5.41, 5.74) is -1.22. The van der Waals surface area contributed by atoms with Crippen LogP contribution in [-0.4, -0.2) is 52.6 Å². The summed E-state index contributed by atoms with van der Waals surface area (Å²) in [5, 5.41) is 25.0. The van der Waals surface area contributed by atoms with E-state index < -0.39 is 42.0 Å². The molecule has 0 aliphatic heterocycles. The van der Waals surface area contributed by atoms with Crippen LogP contribution in [0, 0.1) is 20.2 Å². The molecule has 16 heteroatoms. The molecule has 0 spiro atoms. The number of anilines is 2. The largest absolute Gasteiger partial charge is 0.496 e. The van der Waals surface area contributed by atoms with Crippen molar-refractivity contribution in [1.82, 2.24) is 0 Å². The van der Waals surface area contributed by atoms with Gasteiger partial charge in [0.15, 0.2) is 4.90 Å². The lowest BCUT2D eigenvalue weighted by Gasteiger charge is -2.14. The topological polar surface area (TPSA) is 198 Å². The molecule has 216 valence electrons. The van der Waals surface area contributed by atoms with Crippen LogP contribution in [0.4, 0.5) is 22.7 Å². The number of sulfonamides is 1. The van der Waals surface area contributed by atoms with Crippen molar-refractivity contribution in [2.24, 2.45) is 0 Å². The fourth-order valence-corrected chi connectivity index (χ4v) is 4.81. The van der Waals surface area contributed by atoms with Gasteiger partial charge in [0.05, 0.1) is 55.6 Å². The van der Waals surface area contributed by atoms with Gasteiger partial charge in [0.25, 0.3) is 21.4 Å². The summed E-state index contributed by atoms with van der Waals surface area (Å²) >= 11 is 0. The van der Waals surface area contributed by atoms with Gasteiger partial charge in [0.2, 0.25) is 5.91 Å². The van der Waals surface area contributed by atoms with Gasteiger partial charge in [0, 0.05) is 30.0 Å². The zero-order chi connectivity index (χ0) is 30.3. The van der Waals surface area contributed by atoms with Crippen molar-refractivity contribution in [3.05, 3.63) is 80.4 Å². The molecule has 0 atom stereocenters. The Morgan fingerprint density at radius 2 is 1.46 bits per heavy atom. The quantitative estimate of drug-likeness (QED) is 0.176. The standard InChI is InChI=1S/C25H24N4O11S/c1-37-17-13-22(39-3)18(23(14-17)40-4)7-10-25(30)26-15-5-8-21(38-2)19(11-15)27-41(35,36)24-9-6-16(28(31)32)12-20(24)29(33)34/h5-14,27H,1-4H3,(H,26,30)/b10-7+. The fourth-order valence-electron chi connectivity index (χ4n) is 3.59. The second kappa shape index (κ2) is 12.6. The fraction of sp³-hybridized carbons (Fsp3) is 0.160. The number of carbonyl (C=O) groups excluding carboxylic acids is 1. The molecule has 2 N–H and O–H groups in total. The molecule has 3 aromatic rings. The van der Waals surface area contributed by atoms with Gasteiger partial charge >= 0.3 is 0 Å². The first kappa shape index (κ1) is 30.2. The Hall–Kier alpha value is -5.38. The smallest absolute Gasteiger partial charge is 0.296 e. The molecule has 15 nitrogen and oxygen atoms in total. The van der Waals surface area contributed by atoms with Gasteiger partial charge < -0.3 is 24.3 Å². The minimum absolute atomic E-state index is 0.0272. The zero-order valence-corrected chi connectivity index (χ0v) is 22.9. The molecule has 3 aromatic carbocycles. The number of carbonyl (C=O) groups is 1. The van der Waals surface area contributed by atoms with Crippen LogP contribution in [0.3, 0.4) is 0 Å². The molecule has 0 unspecified atom stereocenters. The SMILES string of the molecule is COc1cc(OC)c(/C=C/C(=O)Nc2ccc(OC)c(NS(=O)(=O)c3ccc([N+](=O)[O-])cc3[N+](=O)[O-])c2)c(OC)c1. The second-order valence-corrected chi connectivity index (χ2v) is 9.61. The molecule has 0 aromatic heterocycles. The van der Waals surface area contributed by atoms with Crippen LogP contribution in [0.2, 0.25) is 0 Å². The molecule has 0 saturated heterocycles. The third-order valence-corrected chi connectivity index (χ3v) is 6.92. The molecule has 0 heterocycles. The molecular formula is C25H24N4O11S. The van der Waals surface area contributed by atoms with Gasteiger partial charge in [-0.2, -0.15) is 0 Å². The van der Waals surface area contributed by atoms with E-state index in [0.29, 0.717) is 28.9 Å². The van der Waals surface area contributed by atoms with Crippen molar-refractivity contribution in [2.45, 2.75) is 4.90 Å². The van der Waals surface area contributed by atoms with Crippen LogP contribution in [0.1, 0.15) is 5.56 Å². The minimum atomic E-state index is -4.64. The molecule has 0 bridgehead atoms. The summed E-state index contributed by atoms with van der Waals surface area (Å²) in [6.45, 7) is 0. The molecule has 41 heavy (non-hydrogen) atoms. The summed E-state index contributed by atoms with van der Waals surface area (Å²) in [5.74, 6) is 0.667. The van der Waals surface area contributed by atoms with Gasteiger partial charge in [-0.05, 0) is 30.3 Å². The van der Waals surface area contributed by atoms with Crippen molar-refractivity contribution in [3.8, 4) is 23.0 Å². The first-order valence-corrected chi connectivity index (χ1v) is 12.8. The average molecular weight is 589 g/mol. The zero-order valence-electron chi connectivity index (χ0n) is 22.1. The number of methoxy groups -OCH3 is 4. The summed E-state index contributed by atoms with van der Waals surface area (Å²) in [7, 11) is 0.989. The maximum atomic E-state index is 13.1. The summed E-state index contributed by atoms with van der Waals surface area (Å²) in [4.78, 5) is 32.4. The molecule has 1 amide bonds. The van der Waals surface area contributed by atoms with Gasteiger partial charge in [-0.3, -0.25) is 29.7 Å². The van der Waals surface area contributed by atoms with Crippen molar-refractivity contribution in [1.29, 1.82) is 0 Å².